The van der Waals surface area contributed by atoms with E-state index in [0.717, 1.165) is 53.0 Å². The fourth-order valence-electron chi connectivity index (χ4n) is 6.04. The molecule has 182 valence electrons. The Morgan fingerprint density at radius 1 is 1.00 bits per heavy atom. The second-order valence-electron chi connectivity index (χ2n) is 10.2. The summed E-state index contributed by atoms with van der Waals surface area (Å²) in [6, 6.07) is 8.49. The Kier molecular flexibility index (Phi) is 6.90. The number of aromatic nitrogens is 3. The van der Waals surface area contributed by atoms with Crippen LogP contribution in [0, 0.1) is 11.8 Å². The molecule has 1 aromatic carbocycles. The SMILES string of the molecule is CCOc1ccc(Nc2c(C3CCC(CC4CCC(N)CC4)CC3)c(N)nn3ccnc23)cc1. The fourth-order valence-corrected chi connectivity index (χ4v) is 6.04. The van der Waals surface area contributed by atoms with Crippen LogP contribution in [0.2, 0.25) is 0 Å². The van der Waals surface area contributed by atoms with Gasteiger partial charge in [-0.05, 0) is 107 Å². The molecule has 0 amide bonds. The van der Waals surface area contributed by atoms with E-state index in [1.807, 2.05) is 37.4 Å². The molecule has 2 heterocycles. The van der Waals surface area contributed by atoms with Crippen LogP contribution in [0.15, 0.2) is 36.7 Å². The van der Waals surface area contributed by atoms with Crippen LogP contribution >= 0.6 is 0 Å². The average Bonchev–Trinajstić information content (AvgIpc) is 3.31. The third-order valence-electron chi connectivity index (χ3n) is 7.85. The summed E-state index contributed by atoms with van der Waals surface area (Å²) in [5.41, 5.74) is 16.6. The van der Waals surface area contributed by atoms with Crippen molar-refractivity contribution in [3.8, 4) is 5.75 Å². The Bertz CT molecular complexity index is 1080. The summed E-state index contributed by atoms with van der Waals surface area (Å²) in [5.74, 6) is 3.56. The first kappa shape index (κ1) is 23.0. The molecule has 7 nitrogen and oxygen atoms in total. The van der Waals surface area contributed by atoms with Gasteiger partial charge in [0, 0.05) is 29.7 Å². The van der Waals surface area contributed by atoms with Crippen molar-refractivity contribution in [2.75, 3.05) is 17.7 Å². The highest BCUT2D eigenvalue weighted by Gasteiger charge is 2.30. The Morgan fingerprint density at radius 3 is 2.35 bits per heavy atom. The molecule has 34 heavy (non-hydrogen) atoms. The van der Waals surface area contributed by atoms with Crippen molar-refractivity contribution in [2.24, 2.45) is 17.6 Å². The summed E-state index contributed by atoms with van der Waals surface area (Å²) >= 11 is 0. The van der Waals surface area contributed by atoms with E-state index >= 15 is 0 Å². The minimum Gasteiger partial charge on any atom is -0.494 e. The zero-order valence-electron chi connectivity index (χ0n) is 20.2. The Morgan fingerprint density at radius 2 is 1.68 bits per heavy atom. The quantitative estimate of drug-likeness (QED) is 0.420. The van der Waals surface area contributed by atoms with Gasteiger partial charge >= 0.3 is 0 Å². The molecule has 0 spiro atoms. The topological polar surface area (TPSA) is 103 Å². The zero-order valence-corrected chi connectivity index (χ0v) is 20.2. The fraction of sp³-hybridized carbons (Fsp3) is 0.556. The van der Waals surface area contributed by atoms with Gasteiger partial charge in [-0.25, -0.2) is 9.50 Å². The van der Waals surface area contributed by atoms with E-state index in [2.05, 4.69) is 15.4 Å². The summed E-state index contributed by atoms with van der Waals surface area (Å²) in [6.45, 7) is 2.65. The van der Waals surface area contributed by atoms with Crippen LogP contribution in [0.25, 0.3) is 5.65 Å². The molecule has 7 heteroatoms. The third kappa shape index (κ3) is 4.99. The van der Waals surface area contributed by atoms with E-state index in [9.17, 15) is 0 Å². The van der Waals surface area contributed by atoms with Crippen LogP contribution in [-0.2, 0) is 0 Å². The second-order valence-corrected chi connectivity index (χ2v) is 10.2. The molecule has 2 aliphatic rings. The summed E-state index contributed by atoms with van der Waals surface area (Å²) in [5, 5.41) is 8.25. The maximum Gasteiger partial charge on any atom is 0.177 e. The van der Waals surface area contributed by atoms with Crippen LogP contribution in [0.4, 0.5) is 17.2 Å². The van der Waals surface area contributed by atoms with Gasteiger partial charge in [-0.3, -0.25) is 0 Å². The van der Waals surface area contributed by atoms with Crippen LogP contribution in [0.5, 0.6) is 5.75 Å². The van der Waals surface area contributed by atoms with E-state index < -0.39 is 0 Å². The lowest BCUT2D eigenvalue weighted by molar-refractivity contribution is 0.225. The van der Waals surface area contributed by atoms with E-state index in [0.29, 0.717) is 24.4 Å². The van der Waals surface area contributed by atoms with Gasteiger partial charge in [-0.1, -0.05) is 0 Å². The van der Waals surface area contributed by atoms with Gasteiger partial charge in [0.15, 0.2) is 5.65 Å². The molecule has 2 saturated carbocycles. The van der Waals surface area contributed by atoms with Crippen molar-refractivity contribution in [3.63, 3.8) is 0 Å². The van der Waals surface area contributed by atoms with Crippen molar-refractivity contribution >= 4 is 22.8 Å². The zero-order chi connectivity index (χ0) is 23.5. The Hall–Kier alpha value is -2.80. The number of hydrogen-bond acceptors (Lipinski definition) is 6. The summed E-state index contributed by atoms with van der Waals surface area (Å²) in [7, 11) is 0. The highest BCUT2D eigenvalue weighted by Crippen LogP contribution is 2.45. The van der Waals surface area contributed by atoms with Gasteiger partial charge in [0.2, 0.25) is 0 Å². The molecule has 5 N–H and O–H groups in total. The summed E-state index contributed by atoms with van der Waals surface area (Å²) in [6.07, 6.45) is 14.8. The maximum absolute atomic E-state index is 6.56. The molecule has 3 aromatic rings. The monoisotopic (exact) mass is 462 g/mol. The number of hydrogen-bond donors (Lipinski definition) is 3. The molecule has 2 aromatic heterocycles. The molecule has 5 rings (SSSR count). The van der Waals surface area contributed by atoms with Gasteiger partial charge in [0.25, 0.3) is 0 Å². The lowest BCUT2D eigenvalue weighted by atomic mass is 9.73. The molecule has 2 fully saturated rings. The van der Waals surface area contributed by atoms with E-state index in [4.69, 9.17) is 16.2 Å². The molecule has 2 aliphatic carbocycles. The Balaban J connectivity index is 1.33. The minimum atomic E-state index is 0.399. The Labute approximate surface area is 202 Å². The average molecular weight is 463 g/mol. The number of nitrogens with zero attached hydrogens (tertiary/aromatic N) is 3. The number of benzene rings is 1. The molecule has 0 aliphatic heterocycles. The normalized spacial score (nSPS) is 25.4. The van der Waals surface area contributed by atoms with Gasteiger partial charge in [-0.2, -0.15) is 0 Å². The number of fused-ring (bicyclic) bond motifs is 1. The van der Waals surface area contributed by atoms with E-state index in [-0.39, 0.29) is 0 Å². The lowest BCUT2D eigenvalue weighted by Gasteiger charge is -2.34. The number of nitrogens with one attached hydrogen (secondary N) is 1. The molecular weight excluding hydrogens is 424 g/mol. The van der Waals surface area contributed by atoms with Crippen LogP contribution < -0.4 is 21.5 Å². The van der Waals surface area contributed by atoms with Crippen molar-refractivity contribution < 1.29 is 4.74 Å². The summed E-state index contributed by atoms with van der Waals surface area (Å²) < 4.78 is 7.37. The second kappa shape index (κ2) is 10.2. The van der Waals surface area contributed by atoms with Gasteiger partial charge < -0.3 is 21.5 Å². The van der Waals surface area contributed by atoms with Crippen LogP contribution in [0.1, 0.15) is 76.2 Å². The molecular formula is C27H38N6O. The van der Waals surface area contributed by atoms with Crippen LogP contribution in [0.3, 0.4) is 0 Å². The minimum absolute atomic E-state index is 0.399. The third-order valence-corrected chi connectivity index (χ3v) is 7.85. The van der Waals surface area contributed by atoms with Crippen molar-refractivity contribution in [1.82, 2.24) is 14.6 Å². The van der Waals surface area contributed by atoms with Gasteiger partial charge in [-0.15, -0.1) is 5.10 Å². The molecule has 0 bridgehead atoms. The number of nitrogen functional groups attached to an aromatic ring is 1. The number of anilines is 3. The van der Waals surface area contributed by atoms with E-state index in [1.54, 1.807) is 10.7 Å². The maximum atomic E-state index is 6.56. The lowest BCUT2D eigenvalue weighted by Crippen LogP contribution is -2.28. The van der Waals surface area contributed by atoms with Gasteiger partial charge in [0.1, 0.15) is 11.6 Å². The van der Waals surface area contributed by atoms with Crippen LogP contribution in [-0.4, -0.2) is 27.2 Å². The highest BCUT2D eigenvalue weighted by molar-refractivity contribution is 5.80. The largest absolute Gasteiger partial charge is 0.494 e. The highest BCUT2D eigenvalue weighted by atomic mass is 16.5. The van der Waals surface area contributed by atoms with Gasteiger partial charge in [0.05, 0.1) is 12.3 Å². The number of ether oxygens (including phenoxy) is 1. The van der Waals surface area contributed by atoms with Crippen molar-refractivity contribution in [2.45, 2.75) is 76.7 Å². The van der Waals surface area contributed by atoms with Crippen molar-refractivity contribution in [1.29, 1.82) is 0 Å². The predicted molar refractivity (Wildman–Crippen MR) is 138 cm³/mol. The number of nitrogens with two attached hydrogens (primary N) is 2. The van der Waals surface area contributed by atoms with Crippen molar-refractivity contribution in [3.05, 3.63) is 42.2 Å². The molecule has 0 radical (unpaired) electrons. The summed E-state index contributed by atoms with van der Waals surface area (Å²) in [4.78, 5) is 4.60. The first-order chi connectivity index (χ1) is 16.6. The molecule has 0 saturated heterocycles. The molecule has 0 atom stereocenters. The predicted octanol–water partition coefficient (Wildman–Crippen LogP) is 5.64. The first-order valence-corrected chi connectivity index (χ1v) is 13.0. The number of imidazole rings is 1. The molecule has 0 unspecified atom stereocenters. The standard InChI is InChI=1S/C27H38N6O/c1-2-34-23-13-11-22(12-14-23)31-25-24(26(29)32-33-16-15-30-27(25)33)20-7-3-18(4-8-20)17-19-5-9-21(28)10-6-19/h11-16,18-21,31H,2-10,17,28H2,1H3,(H2,29,32). The van der Waals surface area contributed by atoms with E-state index in [1.165, 1.54) is 44.9 Å². The first-order valence-electron chi connectivity index (χ1n) is 13.0. The number of rotatable bonds is 7. The smallest absolute Gasteiger partial charge is 0.177 e.